The van der Waals surface area contributed by atoms with Crippen LogP contribution in [0.15, 0.2) is 0 Å². The number of hydrogen-bond acceptors (Lipinski definition) is 3. The number of nitrogens with one attached hydrogen (secondary N) is 1. The number of piperidine rings is 1. The molecule has 4 heteroatoms. The Morgan fingerprint density at radius 3 is 2.67 bits per heavy atom. The van der Waals surface area contributed by atoms with Crippen molar-refractivity contribution < 1.29 is 4.79 Å². The molecule has 15 heavy (non-hydrogen) atoms. The predicted molar refractivity (Wildman–Crippen MR) is 59.4 cm³/mol. The molecule has 4 nitrogen and oxygen atoms in total. The van der Waals surface area contributed by atoms with Gasteiger partial charge in [-0.1, -0.05) is 6.92 Å². The third-order valence-corrected chi connectivity index (χ3v) is 3.67. The van der Waals surface area contributed by atoms with E-state index in [0.29, 0.717) is 18.5 Å². The lowest BCUT2D eigenvalue weighted by molar-refractivity contribution is -0.132. The maximum atomic E-state index is 11.8. The smallest absolute Gasteiger partial charge is 0.238 e. The second-order valence-corrected chi connectivity index (χ2v) is 4.95. The summed E-state index contributed by atoms with van der Waals surface area (Å²) in [5, 5.41) is 3.21. The van der Waals surface area contributed by atoms with Gasteiger partial charge in [0.1, 0.15) is 0 Å². The fourth-order valence-corrected chi connectivity index (χ4v) is 2.87. The molecule has 2 rings (SSSR count). The van der Waals surface area contributed by atoms with Gasteiger partial charge in [0.05, 0.1) is 12.7 Å². The average molecular weight is 211 g/mol. The quantitative estimate of drug-likeness (QED) is 0.668. The van der Waals surface area contributed by atoms with Crippen LogP contribution in [0.4, 0.5) is 0 Å². The summed E-state index contributed by atoms with van der Waals surface area (Å²) >= 11 is 0. The Bertz CT molecular complexity index is 256. The Kier molecular flexibility index (Phi) is 2.98. The second kappa shape index (κ2) is 4.10. The van der Waals surface area contributed by atoms with Crippen molar-refractivity contribution in [3.05, 3.63) is 0 Å². The molecule has 2 saturated heterocycles. The monoisotopic (exact) mass is 211 g/mol. The van der Waals surface area contributed by atoms with Crippen LogP contribution in [-0.2, 0) is 4.79 Å². The highest BCUT2D eigenvalue weighted by Crippen LogP contribution is 2.24. The molecule has 3 atom stereocenters. The highest BCUT2D eigenvalue weighted by molar-refractivity contribution is 5.81. The van der Waals surface area contributed by atoms with Crippen molar-refractivity contribution in [2.24, 2.45) is 5.92 Å². The van der Waals surface area contributed by atoms with Crippen molar-refractivity contribution in [1.29, 1.82) is 0 Å². The Labute approximate surface area is 91.6 Å². The van der Waals surface area contributed by atoms with Crippen LogP contribution in [0.1, 0.15) is 20.3 Å². The summed E-state index contributed by atoms with van der Waals surface area (Å²) in [6.07, 6.45) is 1.32. The minimum Gasteiger partial charge on any atom is -0.323 e. The maximum Gasteiger partial charge on any atom is 0.238 e. The fourth-order valence-electron chi connectivity index (χ4n) is 2.87. The SMILES string of the molecule is CC1CN(C)CCC1N1C(=O)CNC1C. The molecule has 2 aliphatic rings. The van der Waals surface area contributed by atoms with E-state index in [-0.39, 0.29) is 12.1 Å². The van der Waals surface area contributed by atoms with Gasteiger partial charge in [-0.15, -0.1) is 0 Å². The maximum absolute atomic E-state index is 11.8. The van der Waals surface area contributed by atoms with E-state index in [0.717, 1.165) is 19.5 Å². The molecule has 86 valence electrons. The lowest BCUT2D eigenvalue weighted by atomic mass is 9.92. The Morgan fingerprint density at radius 2 is 2.13 bits per heavy atom. The van der Waals surface area contributed by atoms with E-state index in [1.54, 1.807) is 0 Å². The summed E-state index contributed by atoms with van der Waals surface area (Å²) < 4.78 is 0. The molecule has 1 N–H and O–H groups in total. The Balaban J connectivity index is 2.06. The van der Waals surface area contributed by atoms with Gasteiger partial charge in [-0.3, -0.25) is 10.1 Å². The zero-order valence-electron chi connectivity index (χ0n) is 9.86. The molecule has 0 bridgehead atoms. The van der Waals surface area contributed by atoms with Crippen LogP contribution in [0.2, 0.25) is 0 Å². The first-order valence-electron chi connectivity index (χ1n) is 5.82. The van der Waals surface area contributed by atoms with E-state index in [9.17, 15) is 4.79 Å². The number of amides is 1. The van der Waals surface area contributed by atoms with Crippen molar-refractivity contribution in [3.63, 3.8) is 0 Å². The first-order chi connectivity index (χ1) is 7.09. The molecule has 3 unspecified atom stereocenters. The summed E-state index contributed by atoms with van der Waals surface area (Å²) in [5.74, 6) is 0.846. The van der Waals surface area contributed by atoms with Crippen LogP contribution in [0.3, 0.4) is 0 Å². The van der Waals surface area contributed by atoms with Crippen molar-refractivity contribution in [3.8, 4) is 0 Å². The minimum atomic E-state index is 0.216. The lowest BCUT2D eigenvalue weighted by Crippen LogP contribution is -2.52. The van der Waals surface area contributed by atoms with Gasteiger partial charge in [0, 0.05) is 12.6 Å². The van der Waals surface area contributed by atoms with E-state index in [4.69, 9.17) is 0 Å². The Hall–Kier alpha value is -0.610. The number of carbonyl (C=O) groups is 1. The number of nitrogens with zero attached hydrogens (tertiary/aromatic N) is 2. The van der Waals surface area contributed by atoms with Crippen molar-refractivity contribution in [2.75, 3.05) is 26.7 Å². The minimum absolute atomic E-state index is 0.216. The van der Waals surface area contributed by atoms with Crippen molar-refractivity contribution in [1.82, 2.24) is 15.1 Å². The summed E-state index contributed by atoms with van der Waals surface area (Å²) in [5.41, 5.74) is 0. The highest BCUT2D eigenvalue weighted by atomic mass is 16.2. The van der Waals surface area contributed by atoms with Crippen LogP contribution in [0.5, 0.6) is 0 Å². The van der Waals surface area contributed by atoms with Gasteiger partial charge in [-0.2, -0.15) is 0 Å². The molecular weight excluding hydrogens is 190 g/mol. The summed E-state index contributed by atoms with van der Waals surface area (Å²) in [4.78, 5) is 16.2. The van der Waals surface area contributed by atoms with E-state index in [1.165, 1.54) is 0 Å². The first kappa shape index (κ1) is 10.9. The number of likely N-dealkylation sites (tertiary alicyclic amines) is 1. The molecular formula is C11H21N3O. The van der Waals surface area contributed by atoms with E-state index in [1.807, 2.05) is 0 Å². The molecule has 2 fully saturated rings. The molecule has 2 heterocycles. The van der Waals surface area contributed by atoms with Crippen LogP contribution in [0.25, 0.3) is 0 Å². The molecule has 2 aliphatic heterocycles. The van der Waals surface area contributed by atoms with E-state index in [2.05, 4.69) is 36.0 Å². The summed E-state index contributed by atoms with van der Waals surface area (Å²) in [7, 11) is 2.15. The standard InChI is InChI=1S/C11H21N3O/c1-8-7-13(3)5-4-10(8)14-9(2)12-6-11(14)15/h8-10,12H,4-7H2,1-3H3. The van der Waals surface area contributed by atoms with Crippen molar-refractivity contribution in [2.45, 2.75) is 32.5 Å². The number of rotatable bonds is 1. The summed E-state index contributed by atoms with van der Waals surface area (Å²) in [6.45, 7) is 7.04. The second-order valence-electron chi connectivity index (χ2n) is 4.95. The van der Waals surface area contributed by atoms with Gasteiger partial charge in [0.2, 0.25) is 5.91 Å². The zero-order valence-corrected chi connectivity index (χ0v) is 9.86. The van der Waals surface area contributed by atoms with Gasteiger partial charge in [-0.05, 0) is 32.9 Å². The molecule has 0 saturated carbocycles. The van der Waals surface area contributed by atoms with Crippen LogP contribution in [0, 0.1) is 5.92 Å². The van der Waals surface area contributed by atoms with Gasteiger partial charge < -0.3 is 9.80 Å². The summed E-state index contributed by atoms with van der Waals surface area (Å²) in [6, 6.07) is 0.429. The van der Waals surface area contributed by atoms with Gasteiger partial charge in [0.15, 0.2) is 0 Å². The van der Waals surface area contributed by atoms with E-state index < -0.39 is 0 Å². The molecule has 0 aromatic heterocycles. The van der Waals surface area contributed by atoms with Crippen molar-refractivity contribution >= 4 is 5.91 Å². The first-order valence-corrected chi connectivity index (χ1v) is 5.82. The molecule has 0 spiro atoms. The van der Waals surface area contributed by atoms with Gasteiger partial charge in [0.25, 0.3) is 0 Å². The largest absolute Gasteiger partial charge is 0.323 e. The van der Waals surface area contributed by atoms with Gasteiger partial charge >= 0.3 is 0 Å². The average Bonchev–Trinajstić information content (AvgIpc) is 2.48. The number of carbonyl (C=O) groups excluding carboxylic acids is 1. The lowest BCUT2D eigenvalue weighted by Gasteiger charge is -2.41. The Morgan fingerprint density at radius 1 is 1.40 bits per heavy atom. The molecule has 0 aliphatic carbocycles. The molecule has 0 aromatic rings. The van der Waals surface area contributed by atoms with Crippen LogP contribution >= 0.6 is 0 Å². The van der Waals surface area contributed by atoms with E-state index >= 15 is 0 Å². The predicted octanol–water partition coefficient (Wildman–Crippen LogP) is 0.104. The topological polar surface area (TPSA) is 35.6 Å². The molecule has 1 amide bonds. The highest BCUT2D eigenvalue weighted by Gasteiger charge is 2.37. The van der Waals surface area contributed by atoms with Crippen LogP contribution in [-0.4, -0.2) is 54.6 Å². The molecule has 0 radical (unpaired) electrons. The fraction of sp³-hybridized carbons (Fsp3) is 0.909. The van der Waals surface area contributed by atoms with Crippen LogP contribution < -0.4 is 5.32 Å². The zero-order chi connectivity index (χ0) is 11.0. The molecule has 0 aromatic carbocycles. The third kappa shape index (κ3) is 2.01. The normalized spacial score (nSPS) is 38.7. The number of hydrogen-bond donors (Lipinski definition) is 1. The van der Waals surface area contributed by atoms with Gasteiger partial charge in [-0.25, -0.2) is 0 Å². The third-order valence-electron chi connectivity index (χ3n) is 3.67.